The molecule has 1 aromatic rings. The molecule has 1 heterocycles. The zero-order valence-electron chi connectivity index (χ0n) is 11.8. The van der Waals surface area contributed by atoms with Gasteiger partial charge in [-0.3, -0.25) is 4.79 Å². The molecule has 0 fully saturated rings. The predicted octanol–water partition coefficient (Wildman–Crippen LogP) is 2.75. The Hall–Kier alpha value is -0.960. The maximum atomic E-state index is 11.9. The van der Waals surface area contributed by atoms with Gasteiger partial charge in [0.05, 0.1) is 16.4 Å². The van der Waals surface area contributed by atoms with E-state index in [0.717, 1.165) is 24.3 Å². The molecule has 0 bridgehead atoms. The van der Waals surface area contributed by atoms with E-state index in [1.807, 2.05) is 17.8 Å². The fourth-order valence-electron chi connectivity index (χ4n) is 1.57. The second-order valence-corrected chi connectivity index (χ2v) is 6.32. The lowest BCUT2D eigenvalue weighted by atomic mass is 10.2. The van der Waals surface area contributed by atoms with Crippen LogP contribution >= 0.6 is 23.1 Å². The minimum Gasteiger partial charge on any atom is -0.395 e. The third kappa shape index (κ3) is 6.99. The van der Waals surface area contributed by atoms with Crippen molar-refractivity contribution in [2.75, 3.05) is 25.2 Å². The largest absolute Gasteiger partial charge is 0.395 e. The molecule has 0 atom stereocenters. The van der Waals surface area contributed by atoms with Gasteiger partial charge in [-0.05, 0) is 37.0 Å². The summed E-state index contributed by atoms with van der Waals surface area (Å²) in [4.78, 5) is 13.4. The summed E-state index contributed by atoms with van der Waals surface area (Å²) in [5, 5.41) is 11.6. The Bertz CT molecular complexity index is 460. The first-order chi connectivity index (χ1) is 9.77. The molecule has 5 heteroatoms. The highest BCUT2D eigenvalue weighted by atomic mass is 32.2. The summed E-state index contributed by atoms with van der Waals surface area (Å²) in [5.74, 6) is 6.96. The molecule has 20 heavy (non-hydrogen) atoms. The first-order valence-corrected chi connectivity index (χ1v) is 8.95. The molecular weight excluding hydrogens is 290 g/mol. The normalized spacial score (nSPS) is 9.90. The number of carbonyl (C=O) groups is 1. The SMILES string of the molecule is CSCCCCCNC(=O)c1ccc(C#CCCO)s1. The predicted molar refractivity (Wildman–Crippen MR) is 87.5 cm³/mol. The lowest BCUT2D eigenvalue weighted by Crippen LogP contribution is -2.23. The van der Waals surface area contributed by atoms with E-state index in [1.165, 1.54) is 23.5 Å². The van der Waals surface area contributed by atoms with Gasteiger partial charge < -0.3 is 10.4 Å². The second kappa shape index (κ2) is 10.8. The van der Waals surface area contributed by atoms with Gasteiger partial charge in [0, 0.05) is 13.0 Å². The summed E-state index contributed by atoms with van der Waals surface area (Å²) in [7, 11) is 0. The summed E-state index contributed by atoms with van der Waals surface area (Å²) >= 11 is 3.25. The van der Waals surface area contributed by atoms with Crippen molar-refractivity contribution in [1.29, 1.82) is 0 Å². The molecule has 0 aliphatic rings. The number of aliphatic hydroxyl groups excluding tert-OH is 1. The van der Waals surface area contributed by atoms with E-state index in [0.29, 0.717) is 11.3 Å². The van der Waals surface area contributed by atoms with Gasteiger partial charge in [0.2, 0.25) is 0 Å². The molecule has 0 saturated carbocycles. The molecule has 0 saturated heterocycles. The number of unbranched alkanes of at least 4 members (excludes halogenated alkanes) is 2. The number of rotatable bonds is 8. The van der Waals surface area contributed by atoms with Crippen molar-refractivity contribution < 1.29 is 9.90 Å². The molecule has 110 valence electrons. The Kier molecular flexibility index (Phi) is 9.22. The number of carbonyl (C=O) groups excluding carboxylic acids is 1. The van der Waals surface area contributed by atoms with Crippen molar-refractivity contribution >= 4 is 29.0 Å². The second-order valence-electron chi connectivity index (χ2n) is 4.25. The van der Waals surface area contributed by atoms with Gasteiger partial charge in [0.25, 0.3) is 5.91 Å². The van der Waals surface area contributed by atoms with Crippen molar-refractivity contribution in [1.82, 2.24) is 5.32 Å². The Balaban J connectivity index is 2.28. The molecule has 0 aliphatic heterocycles. The fourth-order valence-corrected chi connectivity index (χ4v) is 2.86. The van der Waals surface area contributed by atoms with Crippen LogP contribution in [-0.2, 0) is 0 Å². The molecule has 0 aromatic carbocycles. The van der Waals surface area contributed by atoms with Crippen molar-refractivity contribution in [3.8, 4) is 11.8 Å². The number of aliphatic hydroxyl groups is 1. The number of nitrogens with one attached hydrogen (secondary N) is 1. The molecular formula is C15H21NO2S2. The highest BCUT2D eigenvalue weighted by Gasteiger charge is 2.07. The third-order valence-electron chi connectivity index (χ3n) is 2.59. The van der Waals surface area contributed by atoms with Crippen molar-refractivity contribution in [2.45, 2.75) is 25.7 Å². The number of amides is 1. The van der Waals surface area contributed by atoms with E-state index < -0.39 is 0 Å². The standard InChI is InChI=1S/C15H21NO2S2/c1-19-12-6-2-4-10-16-15(18)14-9-8-13(20-14)7-3-5-11-17/h8-9,17H,2,4-6,10-12H2,1H3,(H,16,18). The molecule has 1 amide bonds. The van der Waals surface area contributed by atoms with Crippen LogP contribution in [0.5, 0.6) is 0 Å². The Morgan fingerprint density at radius 3 is 3.00 bits per heavy atom. The Labute approximate surface area is 129 Å². The van der Waals surface area contributed by atoms with Gasteiger partial charge in [0.1, 0.15) is 0 Å². The van der Waals surface area contributed by atoms with Crippen molar-refractivity contribution in [3.63, 3.8) is 0 Å². The van der Waals surface area contributed by atoms with Crippen LogP contribution in [-0.4, -0.2) is 36.2 Å². The molecule has 0 unspecified atom stereocenters. The average Bonchev–Trinajstić information content (AvgIpc) is 2.92. The summed E-state index contributed by atoms with van der Waals surface area (Å²) in [6.07, 6.45) is 5.97. The number of thiophene rings is 1. The quantitative estimate of drug-likeness (QED) is 0.573. The van der Waals surface area contributed by atoms with Crippen LogP contribution in [0, 0.1) is 11.8 Å². The molecule has 0 spiro atoms. The van der Waals surface area contributed by atoms with Gasteiger partial charge in [-0.2, -0.15) is 11.8 Å². The van der Waals surface area contributed by atoms with Crippen LogP contribution < -0.4 is 5.32 Å². The van der Waals surface area contributed by atoms with E-state index in [2.05, 4.69) is 23.4 Å². The monoisotopic (exact) mass is 311 g/mol. The number of hydrogen-bond donors (Lipinski definition) is 2. The molecule has 0 radical (unpaired) electrons. The van der Waals surface area contributed by atoms with Crippen LogP contribution in [0.15, 0.2) is 12.1 Å². The van der Waals surface area contributed by atoms with E-state index in [1.54, 1.807) is 6.07 Å². The van der Waals surface area contributed by atoms with Crippen LogP contribution in [0.3, 0.4) is 0 Å². The first-order valence-electron chi connectivity index (χ1n) is 6.74. The summed E-state index contributed by atoms with van der Waals surface area (Å²) in [6.45, 7) is 0.804. The third-order valence-corrected chi connectivity index (χ3v) is 4.29. The van der Waals surface area contributed by atoms with Gasteiger partial charge in [-0.25, -0.2) is 0 Å². The lowest BCUT2D eigenvalue weighted by Gasteiger charge is -2.02. The first kappa shape index (κ1) is 17.1. The Morgan fingerprint density at radius 2 is 2.25 bits per heavy atom. The molecule has 1 rings (SSSR count). The summed E-state index contributed by atoms with van der Waals surface area (Å²) in [6, 6.07) is 3.65. The maximum Gasteiger partial charge on any atom is 0.261 e. The smallest absolute Gasteiger partial charge is 0.261 e. The minimum absolute atomic E-state index is 0.0184. The van der Waals surface area contributed by atoms with E-state index in [4.69, 9.17) is 5.11 Å². The highest BCUT2D eigenvalue weighted by molar-refractivity contribution is 7.98. The topological polar surface area (TPSA) is 49.3 Å². The van der Waals surface area contributed by atoms with Gasteiger partial charge in [-0.15, -0.1) is 11.3 Å². The van der Waals surface area contributed by atoms with Crippen LogP contribution in [0.2, 0.25) is 0 Å². The van der Waals surface area contributed by atoms with Gasteiger partial charge in [-0.1, -0.05) is 18.3 Å². The fraction of sp³-hybridized carbons (Fsp3) is 0.533. The maximum absolute atomic E-state index is 11.9. The highest BCUT2D eigenvalue weighted by Crippen LogP contribution is 2.15. The van der Waals surface area contributed by atoms with E-state index in [-0.39, 0.29) is 12.5 Å². The summed E-state index contributed by atoms with van der Waals surface area (Å²) in [5.41, 5.74) is 0. The molecule has 0 aliphatic carbocycles. The van der Waals surface area contributed by atoms with Gasteiger partial charge in [0.15, 0.2) is 0 Å². The lowest BCUT2D eigenvalue weighted by molar-refractivity contribution is 0.0957. The summed E-state index contributed by atoms with van der Waals surface area (Å²) < 4.78 is 0. The minimum atomic E-state index is -0.0184. The molecule has 2 N–H and O–H groups in total. The van der Waals surface area contributed by atoms with Crippen LogP contribution in [0.1, 0.15) is 40.2 Å². The van der Waals surface area contributed by atoms with Crippen LogP contribution in [0.25, 0.3) is 0 Å². The average molecular weight is 311 g/mol. The van der Waals surface area contributed by atoms with Crippen molar-refractivity contribution in [3.05, 3.63) is 21.9 Å². The Morgan fingerprint density at radius 1 is 1.40 bits per heavy atom. The number of hydrogen-bond acceptors (Lipinski definition) is 4. The van der Waals surface area contributed by atoms with E-state index >= 15 is 0 Å². The van der Waals surface area contributed by atoms with E-state index in [9.17, 15) is 4.79 Å². The molecule has 3 nitrogen and oxygen atoms in total. The zero-order valence-corrected chi connectivity index (χ0v) is 13.4. The van der Waals surface area contributed by atoms with Crippen molar-refractivity contribution in [2.24, 2.45) is 0 Å². The zero-order chi connectivity index (χ0) is 14.6. The molecule has 1 aromatic heterocycles. The van der Waals surface area contributed by atoms with Crippen LogP contribution in [0.4, 0.5) is 0 Å². The number of thioether (sulfide) groups is 1. The van der Waals surface area contributed by atoms with Gasteiger partial charge >= 0.3 is 0 Å².